The van der Waals surface area contributed by atoms with E-state index in [1.165, 1.54) is 4.52 Å². The van der Waals surface area contributed by atoms with Crippen LogP contribution in [0.15, 0.2) is 48.8 Å². The van der Waals surface area contributed by atoms with Crippen molar-refractivity contribution >= 4 is 29.1 Å². The van der Waals surface area contributed by atoms with Gasteiger partial charge in [0, 0.05) is 23.0 Å². The van der Waals surface area contributed by atoms with E-state index in [0.717, 1.165) is 11.3 Å². The Morgan fingerprint density at radius 1 is 1.19 bits per heavy atom. The van der Waals surface area contributed by atoms with Crippen LogP contribution in [0.25, 0.3) is 5.78 Å². The molecule has 8 nitrogen and oxygen atoms in total. The highest BCUT2D eigenvalue weighted by molar-refractivity contribution is 6.31. The van der Waals surface area contributed by atoms with Gasteiger partial charge in [-0.15, -0.1) is 5.10 Å². The number of carbonyl (C=O) groups is 1. The van der Waals surface area contributed by atoms with Gasteiger partial charge in [-0.1, -0.05) is 29.8 Å². The van der Waals surface area contributed by atoms with Crippen LogP contribution in [0.5, 0.6) is 0 Å². The van der Waals surface area contributed by atoms with Crippen LogP contribution in [0.4, 0.5) is 5.82 Å². The topological polar surface area (TPSA) is 90.0 Å². The highest BCUT2D eigenvalue weighted by atomic mass is 35.5. The van der Waals surface area contributed by atoms with E-state index in [-0.39, 0.29) is 5.82 Å². The first-order chi connectivity index (χ1) is 12.6. The first kappa shape index (κ1) is 16.2. The third-order valence-corrected chi connectivity index (χ3v) is 4.24. The molecule has 4 aromatic rings. The molecule has 0 bridgehead atoms. The lowest BCUT2D eigenvalue weighted by atomic mass is 10.2. The van der Waals surface area contributed by atoms with Crippen LogP contribution in [-0.4, -0.2) is 35.3 Å². The first-order valence-electron chi connectivity index (χ1n) is 7.87. The Hall–Kier alpha value is -3.26. The highest BCUT2D eigenvalue weighted by Gasteiger charge is 2.16. The maximum Gasteiger partial charge on any atom is 0.296 e. The summed E-state index contributed by atoms with van der Waals surface area (Å²) in [5.74, 6) is 0.506. The fraction of sp³-hybridized carbons (Fsp3) is 0.118. The molecule has 4 rings (SSSR count). The number of fused-ring (bicyclic) bond motifs is 1. The van der Waals surface area contributed by atoms with Crippen molar-refractivity contribution in [1.82, 2.24) is 29.4 Å². The summed E-state index contributed by atoms with van der Waals surface area (Å²) in [4.78, 5) is 20.8. The van der Waals surface area contributed by atoms with Crippen molar-refractivity contribution in [2.75, 3.05) is 5.32 Å². The van der Waals surface area contributed by atoms with Gasteiger partial charge in [-0.05, 0) is 24.6 Å². The lowest BCUT2D eigenvalue weighted by molar-refractivity contribution is 0.101. The Kier molecular flexibility index (Phi) is 4.10. The van der Waals surface area contributed by atoms with Crippen molar-refractivity contribution in [3.63, 3.8) is 0 Å². The number of aromatic nitrogens is 6. The molecule has 1 amide bonds. The Morgan fingerprint density at radius 3 is 2.85 bits per heavy atom. The van der Waals surface area contributed by atoms with Gasteiger partial charge < -0.3 is 5.32 Å². The minimum atomic E-state index is -0.434. The van der Waals surface area contributed by atoms with Crippen molar-refractivity contribution in [3.05, 3.63) is 70.9 Å². The SMILES string of the molecule is Cc1ccnc2nc(C(=O)Nc3ccnn3Cc3ccccc3Cl)nn12. The van der Waals surface area contributed by atoms with E-state index in [2.05, 4.69) is 25.5 Å². The van der Waals surface area contributed by atoms with Gasteiger partial charge in [0.15, 0.2) is 0 Å². The molecule has 0 aliphatic heterocycles. The molecule has 9 heteroatoms. The molecule has 0 radical (unpaired) electrons. The molecule has 0 spiro atoms. The molecule has 0 unspecified atom stereocenters. The van der Waals surface area contributed by atoms with Crippen molar-refractivity contribution in [3.8, 4) is 0 Å². The number of amides is 1. The monoisotopic (exact) mass is 367 g/mol. The Morgan fingerprint density at radius 2 is 2.04 bits per heavy atom. The zero-order valence-electron chi connectivity index (χ0n) is 13.8. The van der Waals surface area contributed by atoms with Crippen LogP contribution in [0.3, 0.4) is 0 Å². The van der Waals surface area contributed by atoms with Gasteiger partial charge in [0.25, 0.3) is 11.7 Å². The average Bonchev–Trinajstić information content (AvgIpc) is 3.25. The quantitative estimate of drug-likeness (QED) is 0.598. The fourth-order valence-electron chi connectivity index (χ4n) is 2.53. The number of hydrogen-bond donors (Lipinski definition) is 1. The van der Waals surface area contributed by atoms with Gasteiger partial charge in [-0.2, -0.15) is 10.1 Å². The van der Waals surface area contributed by atoms with Crippen LogP contribution < -0.4 is 5.32 Å². The molecule has 3 aromatic heterocycles. The molecule has 1 aromatic carbocycles. The summed E-state index contributed by atoms with van der Waals surface area (Å²) in [5, 5.41) is 11.9. The van der Waals surface area contributed by atoms with Gasteiger partial charge in [-0.25, -0.2) is 14.2 Å². The molecule has 0 fully saturated rings. The molecule has 0 atom stereocenters. The zero-order valence-corrected chi connectivity index (χ0v) is 14.6. The largest absolute Gasteiger partial charge is 0.304 e. The van der Waals surface area contributed by atoms with E-state index in [9.17, 15) is 4.79 Å². The van der Waals surface area contributed by atoms with Crippen molar-refractivity contribution in [1.29, 1.82) is 0 Å². The minimum absolute atomic E-state index is 0.0392. The molecule has 0 aliphatic carbocycles. The predicted molar refractivity (Wildman–Crippen MR) is 96.3 cm³/mol. The number of aryl methyl sites for hydroxylation is 1. The van der Waals surface area contributed by atoms with E-state index >= 15 is 0 Å². The molecule has 3 heterocycles. The van der Waals surface area contributed by atoms with Crippen LogP contribution in [0.2, 0.25) is 5.02 Å². The summed E-state index contributed by atoms with van der Waals surface area (Å²) in [6, 6.07) is 11.0. The molecular weight excluding hydrogens is 354 g/mol. The number of halogens is 1. The Labute approximate surface area is 153 Å². The van der Waals surface area contributed by atoms with E-state index in [4.69, 9.17) is 11.6 Å². The van der Waals surface area contributed by atoms with E-state index < -0.39 is 5.91 Å². The summed E-state index contributed by atoms with van der Waals surface area (Å²) in [7, 11) is 0. The number of benzene rings is 1. The van der Waals surface area contributed by atoms with E-state index in [0.29, 0.717) is 23.2 Å². The van der Waals surface area contributed by atoms with Crippen molar-refractivity contribution in [2.45, 2.75) is 13.5 Å². The molecule has 26 heavy (non-hydrogen) atoms. The number of rotatable bonds is 4. The second-order valence-corrected chi connectivity index (χ2v) is 6.06. The summed E-state index contributed by atoms with van der Waals surface area (Å²) >= 11 is 6.20. The Bertz CT molecular complexity index is 1100. The summed E-state index contributed by atoms with van der Waals surface area (Å²) in [6.07, 6.45) is 3.23. The van der Waals surface area contributed by atoms with Gasteiger partial charge in [0.05, 0.1) is 12.7 Å². The van der Waals surface area contributed by atoms with E-state index in [1.54, 1.807) is 29.2 Å². The Balaban J connectivity index is 1.57. The van der Waals surface area contributed by atoms with Gasteiger partial charge in [0.2, 0.25) is 5.82 Å². The number of hydrogen-bond acceptors (Lipinski definition) is 5. The minimum Gasteiger partial charge on any atom is -0.304 e. The van der Waals surface area contributed by atoms with Crippen LogP contribution in [0, 0.1) is 6.92 Å². The smallest absolute Gasteiger partial charge is 0.296 e. The highest BCUT2D eigenvalue weighted by Crippen LogP contribution is 2.18. The zero-order chi connectivity index (χ0) is 18.1. The number of nitrogens with one attached hydrogen (secondary N) is 1. The number of carbonyl (C=O) groups excluding carboxylic acids is 1. The van der Waals surface area contributed by atoms with Gasteiger partial charge >= 0.3 is 0 Å². The number of nitrogens with zero attached hydrogens (tertiary/aromatic N) is 6. The second-order valence-electron chi connectivity index (χ2n) is 5.65. The van der Waals surface area contributed by atoms with Gasteiger partial charge in [-0.3, -0.25) is 4.79 Å². The van der Waals surface area contributed by atoms with Crippen molar-refractivity contribution in [2.24, 2.45) is 0 Å². The average molecular weight is 368 g/mol. The third kappa shape index (κ3) is 3.02. The lowest BCUT2D eigenvalue weighted by Gasteiger charge is -2.09. The van der Waals surface area contributed by atoms with Crippen molar-refractivity contribution < 1.29 is 4.79 Å². The maximum absolute atomic E-state index is 12.5. The van der Waals surface area contributed by atoms with Crippen LogP contribution in [-0.2, 0) is 6.54 Å². The van der Waals surface area contributed by atoms with Crippen LogP contribution >= 0.6 is 11.6 Å². The van der Waals surface area contributed by atoms with E-state index in [1.807, 2.05) is 31.2 Å². The summed E-state index contributed by atoms with van der Waals surface area (Å²) in [6.45, 7) is 2.30. The molecule has 0 aliphatic rings. The standard InChI is InChI=1S/C17H14ClN7O/c1-11-6-8-19-17-22-15(23-25(11)17)16(26)21-14-7-9-20-24(14)10-12-4-2-3-5-13(12)18/h2-9H,10H2,1H3,(H,21,26). The normalized spacial score (nSPS) is 11.0. The first-order valence-corrected chi connectivity index (χ1v) is 8.24. The fourth-order valence-corrected chi connectivity index (χ4v) is 2.72. The third-order valence-electron chi connectivity index (χ3n) is 3.87. The lowest BCUT2D eigenvalue weighted by Crippen LogP contribution is -2.17. The summed E-state index contributed by atoms with van der Waals surface area (Å²) in [5.41, 5.74) is 1.74. The second kappa shape index (κ2) is 6.57. The maximum atomic E-state index is 12.5. The number of anilines is 1. The molecule has 0 saturated heterocycles. The van der Waals surface area contributed by atoms with Crippen LogP contribution in [0.1, 0.15) is 21.9 Å². The predicted octanol–water partition coefficient (Wildman–Crippen LogP) is 2.58. The molecule has 130 valence electrons. The summed E-state index contributed by atoms with van der Waals surface area (Å²) < 4.78 is 3.17. The molecular formula is C17H14ClN7O. The van der Waals surface area contributed by atoms with Gasteiger partial charge in [0.1, 0.15) is 5.82 Å². The molecule has 0 saturated carbocycles. The molecule has 1 N–H and O–H groups in total.